The van der Waals surface area contributed by atoms with Crippen LogP contribution in [-0.2, 0) is 0 Å². The number of nitrogens with zero attached hydrogens (tertiary/aromatic N) is 5. The van der Waals surface area contributed by atoms with Gasteiger partial charge in [0.2, 0.25) is 0 Å². The van der Waals surface area contributed by atoms with Gasteiger partial charge in [0.15, 0.2) is 0 Å². The minimum atomic E-state index is 0.0349. The van der Waals surface area contributed by atoms with Crippen LogP contribution in [0.15, 0.2) is 12.3 Å². The number of aromatic nitrogens is 4. The second kappa shape index (κ2) is 6.92. The first-order valence-electron chi connectivity index (χ1n) is 8.80. The van der Waals surface area contributed by atoms with Crippen LogP contribution in [-0.4, -0.2) is 56.2 Å². The molecule has 1 aliphatic heterocycles. The fourth-order valence-electron chi connectivity index (χ4n) is 3.18. The Labute approximate surface area is 148 Å². The van der Waals surface area contributed by atoms with Gasteiger partial charge in [0, 0.05) is 43.3 Å². The van der Waals surface area contributed by atoms with Crippen molar-refractivity contribution in [2.75, 3.05) is 19.6 Å². The molecule has 2 aromatic heterocycles. The topological polar surface area (TPSA) is 75.9 Å². The van der Waals surface area contributed by atoms with E-state index in [1.54, 1.807) is 10.9 Å². The summed E-state index contributed by atoms with van der Waals surface area (Å²) in [5.74, 6) is 0.686. The van der Waals surface area contributed by atoms with Gasteiger partial charge in [-0.25, -0.2) is 14.6 Å². The van der Waals surface area contributed by atoms with Gasteiger partial charge in [-0.05, 0) is 32.8 Å². The molecule has 2 aromatic rings. The van der Waals surface area contributed by atoms with Gasteiger partial charge in [0.1, 0.15) is 0 Å². The molecule has 1 N–H and O–H groups in total. The van der Waals surface area contributed by atoms with Crippen LogP contribution in [0.2, 0.25) is 0 Å². The molecule has 0 aromatic carbocycles. The molecule has 0 radical (unpaired) electrons. The van der Waals surface area contributed by atoms with E-state index in [9.17, 15) is 4.79 Å². The van der Waals surface area contributed by atoms with Gasteiger partial charge in [-0.3, -0.25) is 4.79 Å². The minimum Gasteiger partial charge on any atom is -0.336 e. The Morgan fingerprint density at radius 2 is 1.96 bits per heavy atom. The summed E-state index contributed by atoms with van der Waals surface area (Å²) in [7, 11) is 0. The Morgan fingerprint density at radius 3 is 2.56 bits per heavy atom. The molecule has 134 valence electrons. The van der Waals surface area contributed by atoms with E-state index in [2.05, 4.69) is 27.3 Å². The number of rotatable bonds is 3. The third kappa shape index (κ3) is 3.71. The smallest absolute Gasteiger partial charge is 0.257 e. The first-order valence-corrected chi connectivity index (χ1v) is 8.80. The molecule has 0 saturated carbocycles. The van der Waals surface area contributed by atoms with Gasteiger partial charge in [-0.1, -0.05) is 13.8 Å². The lowest BCUT2D eigenvalue weighted by Gasteiger charge is -2.31. The number of carbonyl (C=O) groups excluding carboxylic acids is 1. The van der Waals surface area contributed by atoms with Crippen molar-refractivity contribution in [2.24, 2.45) is 0 Å². The van der Waals surface area contributed by atoms with Gasteiger partial charge in [0.05, 0.1) is 11.3 Å². The summed E-state index contributed by atoms with van der Waals surface area (Å²) >= 11 is 0. The second-order valence-corrected chi connectivity index (χ2v) is 7.08. The number of aryl methyl sites for hydroxylation is 2. The van der Waals surface area contributed by atoms with Crippen molar-refractivity contribution >= 4 is 5.91 Å². The first kappa shape index (κ1) is 17.5. The van der Waals surface area contributed by atoms with Crippen molar-refractivity contribution in [1.29, 1.82) is 0 Å². The molecule has 1 atom stereocenters. The lowest BCUT2D eigenvalue weighted by Crippen LogP contribution is -2.51. The van der Waals surface area contributed by atoms with Crippen molar-refractivity contribution < 1.29 is 4.79 Å². The van der Waals surface area contributed by atoms with Crippen molar-refractivity contribution in [3.05, 3.63) is 34.9 Å². The number of hydrogen-bond acceptors (Lipinski definition) is 5. The highest BCUT2D eigenvalue weighted by molar-refractivity contribution is 5.95. The molecule has 0 bridgehead atoms. The Morgan fingerprint density at radius 1 is 1.28 bits per heavy atom. The maximum absolute atomic E-state index is 13.1. The van der Waals surface area contributed by atoms with Crippen LogP contribution in [0.4, 0.5) is 0 Å². The summed E-state index contributed by atoms with van der Waals surface area (Å²) in [5.41, 5.74) is 3.20. The number of nitrogens with one attached hydrogen (secondary N) is 1. The van der Waals surface area contributed by atoms with Gasteiger partial charge in [-0.15, -0.1) is 0 Å². The van der Waals surface area contributed by atoms with Crippen molar-refractivity contribution in [1.82, 2.24) is 30.0 Å². The zero-order chi connectivity index (χ0) is 18.1. The molecule has 7 heteroatoms. The lowest BCUT2D eigenvalue weighted by molar-refractivity contribution is 0.0707. The summed E-state index contributed by atoms with van der Waals surface area (Å²) < 4.78 is 1.63. The molecule has 0 aliphatic carbocycles. The largest absolute Gasteiger partial charge is 0.336 e. The Bertz CT molecular complexity index is 762. The molecule has 3 heterocycles. The van der Waals surface area contributed by atoms with Crippen LogP contribution in [0.25, 0.3) is 5.95 Å². The van der Waals surface area contributed by atoms with Crippen molar-refractivity contribution in [2.45, 2.75) is 46.6 Å². The Kier molecular flexibility index (Phi) is 4.85. The SMILES string of the molecule is Cc1cc(C)nc(-n2cc(C(=O)N3CCN[C@H](C)C3)c(C(C)C)n2)n1. The van der Waals surface area contributed by atoms with Crippen LogP contribution in [0, 0.1) is 13.8 Å². The zero-order valence-corrected chi connectivity index (χ0v) is 15.6. The highest BCUT2D eigenvalue weighted by atomic mass is 16.2. The standard InChI is InChI=1S/C18H26N6O/c1-11(2)16-15(17(25)23-7-6-19-14(5)9-23)10-24(22-16)18-20-12(3)8-13(4)21-18/h8,10-11,14,19H,6-7,9H2,1-5H3/t14-/m1/s1. The van der Waals surface area contributed by atoms with E-state index in [1.165, 1.54) is 0 Å². The van der Waals surface area contributed by atoms with E-state index in [1.807, 2.05) is 38.7 Å². The number of amides is 1. The van der Waals surface area contributed by atoms with Crippen LogP contribution in [0.3, 0.4) is 0 Å². The number of piperazine rings is 1. The Balaban J connectivity index is 1.98. The molecule has 1 fully saturated rings. The molecule has 1 amide bonds. The van der Waals surface area contributed by atoms with Gasteiger partial charge in [0.25, 0.3) is 11.9 Å². The monoisotopic (exact) mass is 342 g/mol. The molecule has 25 heavy (non-hydrogen) atoms. The normalized spacial score (nSPS) is 18.0. The highest BCUT2D eigenvalue weighted by Crippen LogP contribution is 2.21. The highest BCUT2D eigenvalue weighted by Gasteiger charge is 2.27. The molecular formula is C18H26N6O. The van der Waals surface area contributed by atoms with E-state index < -0.39 is 0 Å². The van der Waals surface area contributed by atoms with Crippen LogP contribution in [0.5, 0.6) is 0 Å². The predicted molar refractivity (Wildman–Crippen MR) is 96.1 cm³/mol. The third-order valence-corrected chi connectivity index (χ3v) is 4.35. The zero-order valence-electron chi connectivity index (χ0n) is 15.6. The molecule has 7 nitrogen and oxygen atoms in total. The summed E-state index contributed by atoms with van der Waals surface area (Å²) in [4.78, 5) is 23.9. The maximum Gasteiger partial charge on any atom is 0.257 e. The second-order valence-electron chi connectivity index (χ2n) is 7.08. The average molecular weight is 342 g/mol. The summed E-state index contributed by atoms with van der Waals surface area (Å²) in [6.45, 7) is 12.3. The molecule has 3 rings (SSSR count). The molecule has 0 unspecified atom stereocenters. The summed E-state index contributed by atoms with van der Waals surface area (Å²) in [6.07, 6.45) is 1.78. The fraction of sp³-hybridized carbons (Fsp3) is 0.556. The molecule has 1 saturated heterocycles. The lowest BCUT2D eigenvalue weighted by atomic mass is 10.0. The predicted octanol–water partition coefficient (Wildman–Crippen LogP) is 1.84. The average Bonchev–Trinajstić information content (AvgIpc) is 2.99. The van der Waals surface area contributed by atoms with E-state index in [-0.39, 0.29) is 11.8 Å². The van der Waals surface area contributed by atoms with Crippen LogP contribution < -0.4 is 5.32 Å². The number of hydrogen-bond donors (Lipinski definition) is 1. The van der Waals surface area contributed by atoms with Gasteiger partial charge < -0.3 is 10.2 Å². The quantitative estimate of drug-likeness (QED) is 0.921. The molecule has 1 aliphatic rings. The van der Waals surface area contributed by atoms with E-state index in [4.69, 9.17) is 0 Å². The summed E-state index contributed by atoms with van der Waals surface area (Å²) in [5, 5.41) is 7.99. The first-order chi connectivity index (χ1) is 11.8. The Hall–Kier alpha value is -2.28. The van der Waals surface area contributed by atoms with Crippen molar-refractivity contribution in [3.8, 4) is 5.95 Å². The van der Waals surface area contributed by atoms with Crippen LogP contribution in [0.1, 0.15) is 54.1 Å². The summed E-state index contributed by atoms with van der Waals surface area (Å²) in [6, 6.07) is 2.22. The van der Waals surface area contributed by atoms with E-state index >= 15 is 0 Å². The minimum absolute atomic E-state index is 0.0349. The third-order valence-electron chi connectivity index (χ3n) is 4.35. The molecular weight excluding hydrogens is 316 g/mol. The fourth-order valence-corrected chi connectivity index (χ4v) is 3.18. The maximum atomic E-state index is 13.1. The number of carbonyl (C=O) groups is 1. The van der Waals surface area contributed by atoms with E-state index in [0.717, 1.165) is 23.6 Å². The van der Waals surface area contributed by atoms with Crippen molar-refractivity contribution in [3.63, 3.8) is 0 Å². The van der Waals surface area contributed by atoms with Gasteiger partial charge >= 0.3 is 0 Å². The van der Waals surface area contributed by atoms with Gasteiger partial charge in [-0.2, -0.15) is 5.10 Å². The van der Waals surface area contributed by atoms with Crippen LogP contribution >= 0.6 is 0 Å². The van der Waals surface area contributed by atoms with E-state index in [0.29, 0.717) is 30.6 Å². The molecule has 0 spiro atoms.